The predicted molar refractivity (Wildman–Crippen MR) is 103 cm³/mol. The molecule has 2 aromatic rings. The lowest BCUT2D eigenvalue weighted by molar-refractivity contribution is -0.153. The van der Waals surface area contributed by atoms with Gasteiger partial charge in [-0.2, -0.15) is 13.2 Å². The summed E-state index contributed by atoms with van der Waals surface area (Å²) in [6, 6.07) is 8.19. The van der Waals surface area contributed by atoms with Gasteiger partial charge in [0.25, 0.3) is 5.91 Å². The molecule has 0 saturated carbocycles. The first-order valence-electron chi connectivity index (χ1n) is 9.31. The minimum atomic E-state index is -4.61. The van der Waals surface area contributed by atoms with E-state index in [2.05, 4.69) is 5.32 Å². The predicted octanol–water partition coefficient (Wildman–Crippen LogP) is 3.69. The number of esters is 1. The van der Waals surface area contributed by atoms with Gasteiger partial charge in [0.2, 0.25) is 5.91 Å². The van der Waals surface area contributed by atoms with Gasteiger partial charge in [-0.1, -0.05) is 12.1 Å². The number of nitrogens with one attached hydrogen (secondary N) is 1. The van der Waals surface area contributed by atoms with Crippen LogP contribution in [0.3, 0.4) is 0 Å². The molecule has 1 aliphatic rings. The normalized spacial score (nSPS) is 14.5. The number of nitrogens with zero attached hydrogens (tertiary/aromatic N) is 1. The lowest BCUT2D eigenvalue weighted by Crippen LogP contribution is -2.47. The fraction of sp³-hybridized carbons (Fsp3) is 0.286. The van der Waals surface area contributed by atoms with Crippen molar-refractivity contribution >= 4 is 29.2 Å². The number of rotatable bonds is 5. The molecule has 0 saturated heterocycles. The van der Waals surface area contributed by atoms with Gasteiger partial charge < -0.3 is 10.1 Å². The van der Waals surface area contributed by atoms with Crippen molar-refractivity contribution in [2.45, 2.75) is 32.0 Å². The van der Waals surface area contributed by atoms with Crippen LogP contribution in [-0.4, -0.2) is 30.4 Å². The molecule has 0 aliphatic carbocycles. The van der Waals surface area contributed by atoms with Crippen LogP contribution >= 0.6 is 0 Å². The molecule has 1 atom stereocenters. The van der Waals surface area contributed by atoms with Crippen LogP contribution in [0.5, 0.6) is 0 Å². The SMILES string of the molecule is CC(OC(=O)CCc1ccc(F)cc1)C(=O)N1CC(=O)Nc2cc(C(F)(F)F)ccc21. The molecular weight excluding hydrogens is 420 g/mol. The molecule has 0 radical (unpaired) electrons. The number of ether oxygens (including phenoxy) is 1. The van der Waals surface area contributed by atoms with E-state index in [1.165, 1.54) is 31.2 Å². The molecule has 1 aliphatic heterocycles. The van der Waals surface area contributed by atoms with E-state index in [4.69, 9.17) is 4.74 Å². The highest BCUT2D eigenvalue weighted by Gasteiger charge is 2.35. The Bertz CT molecular complexity index is 1010. The molecule has 1 unspecified atom stereocenters. The minimum absolute atomic E-state index is 0.0602. The van der Waals surface area contributed by atoms with Gasteiger partial charge in [0.05, 0.1) is 16.9 Å². The quantitative estimate of drug-likeness (QED) is 0.571. The Balaban J connectivity index is 1.67. The molecule has 2 aromatic carbocycles. The zero-order valence-corrected chi connectivity index (χ0v) is 16.3. The van der Waals surface area contributed by atoms with E-state index in [0.717, 1.165) is 23.1 Å². The summed E-state index contributed by atoms with van der Waals surface area (Å²) in [6.07, 6.45) is -5.66. The Kier molecular flexibility index (Phi) is 6.28. The third-order valence-electron chi connectivity index (χ3n) is 4.64. The molecular formula is C21H18F4N2O4. The Morgan fingerprint density at radius 2 is 1.84 bits per heavy atom. The number of benzene rings is 2. The molecule has 0 bridgehead atoms. The maximum Gasteiger partial charge on any atom is 0.416 e. The summed E-state index contributed by atoms with van der Waals surface area (Å²) >= 11 is 0. The molecule has 6 nitrogen and oxygen atoms in total. The summed E-state index contributed by atoms with van der Waals surface area (Å²) in [5.74, 6) is -2.50. The average Bonchev–Trinajstić information content (AvgIpc) is 2.71. The van der Waals surface area contributed by atoms with Crippen LogP contribution in [0.15, 0.2) is 42.5 Å². The van der Waals surface area contributed by atoms with Crippen molar-refractivity contribution in [2.24, 2.45) is 0 Å². The molecule has 10 heteroatoms. The van der Waals surface area contributed by atoms with Crippen molar-refractivity contribution in [2.75, 3.05) is 16.8 Å². The molecule has 0 fully saturated rings. The number of carbonyl (C=O) groups is 3. The molecule has 31 heavy (non-hydrogen) atoms. The Hall–Kier alpha value is -3.43. The second-order valence-corrected chi connectivity index (χ2v) is 6.96. The van der Waals surface area contributed by atoms with E-state index in [1.54, 1.807) is 0 Å². The van der Waals surface area contributed by atoms with E-state index in [0.29, 0.717) is 5.56 Å². The lowest BCUT2D eigenvalue weighted by atomic mass is 10.1. The van der Waals surface area contributed by atoms with Crippen molar-refractivity contribution < 1.29 is 36.7 Å². The summed E-state index contributed by atoms with van der Waals surface area (Å²) in [5, 5.41) is 2.31. The molecule has 1 heterocycles. The smallest absolute Gasteiger partial charge is 0.416 e. The van der Waals surface area contributed by atoms with E-state index >= 15 is 0 Å². The van der Waals surface area contributed by atoms with E-state index in [9.17, 15) is 31.9 Å². The summed E-state index contributed by atoms with van der Waals surface area (Å²) in [7, 11) is 0. The largest absolute Gasteiger partial charge is 0.453 e. The highest BCUT2D eigenvalue weighted by Crippen LogP contribution is 2.37. The van der Waals surface area contributed by atoms with Gasteiger partial charge in [0, 0.05) is 6.42 Å². The van der Waals surface area contributed by atoms with Crippen molar-refractivity contribution in [3.63, 3.8) is 0 Å². The Morgan fingerprint density at radius 3 is 2.48 bits per heavy atom. The monoisotopic (exact) mass is 438 g/mol. The van der Waals surface area contributed by atoms with E-state index < -0.39 is 48.0 Å². The van der Waals surface area contributed by atoms with E-state index in [-0.39, 0.29) is 24.2 Å². The van der Waals surface area contributed by atoms with Crippen molar-refractivity contribution in [3.8, 4) is 0 Å². The lowest BCUT2D eigenvalue weighted by Gasteiger charge is -2.31. The van der Waals surface area contributed by atoms with Gasteiger partial charge in [-0.15, -0.1) is 0 Å². The van der Waals surface area contributed by atoms with Gasteiger partial charge >= 0.3 is 12.1 Å². The summed E-state index contributed by atoms with van der Waals surface area (Å²) < 4.78 is 56.8. The topological polar surface area (TPSA) is 75.7 Å². The second-order valence-electron chi connectivity index (χ2n) is 6.96. The number of anilines is 2. The van der Waals surface area contributed by atoms with Gasteiger partial charge in [-0.25, -0.2) is 4.39 Å². The summed E-state index contributed by atoms with van der Waals surface area (Å²) in [5.41, 5.74) is -0.346. The standard InChI is InChI=1S/C21H18F4N2O4/c1-12(31-19(29)9-4-13-2-6-15(22)7-3-13)20(30)27-11-18(28)26-16-10-14(21(23,24)25)5-8-17(16)27/h2-3,5-8,10,12H,4,9,11H2,1H3,(H,26,28). The molecule has 2 amide bonds. The van der Waals surface area contributed by atoms with Crippen molar-refractivity contribution in [1.29, 1.82) is 0 Å². The number of amides is 2. The van der Waals surface area contributed by atoms with Crippen molar-refractivity contribution in [1.82, 2.24) is 0 Å². The number of aryl methyl sites for hydroxylation is 1. The zero-order chi connectivity index (χ0) is 22.8. The maximum atomic E-state index is 12.9. The summed E-state index contributed by atoms with van der Waals surface area (Å²) in [6.45, 7) is 0.892. The van der Waals surface area contributed by atoms with E-state index in [1.807, 2.05) is 0 Å². The fourth-order valence-electron chi connectivity index (χ4n) is 3.09. The minimum Gasteiger partial charge on any atom is -0.453 e. The van der Waals surface area contributed by atoms with Crippen LogP contribution in [0.25, 0.3) is 0 Å². The Labute approximate surface area is 174 Å². The number of hydrogen-bond donors (Lipinski definition) is 1. The fourth-order valence-corrected chi connectivity index (χ4v) is 3.09. The first-order chi connectivity index (χ1) is 14.5. The molecule has 3 rings (SSSR count). The highest BCUT2D eigenvalue weighted by molar-refractivity contribution is 6.11. The molecule has 164 valence electrons. The number of halogens is 4. The Morgan fingerprint density at radius 1 is 1.16 bits per heavy atom. The molecule has 1 N–H and O–H groups in total. The number of hydrogen-bond acceptors (Lipinski definition) is 4. The van der Waals surface area contributed by atoms with Gasteiger partial charge in [-0.3, -0.25) is 19.3 Å². The van der Waals surface area contributed by atoms with Crippen LogP contribution in [0, 0.1) is 5.82 Å². The van der Waals surface area contributed by atoms with Crippen LogP contribution in [0.1, 0.15) is 24.5 Å². The first-order valence-corrected chi connectivity index (χ1v) is 9.31. The van der Waals surface area contributed by atoms with Crippen LogP contribution in [0.4, 0.5) is 28.9 Å². The first kappa shape index (κ1) is 22.3. The van der Waals surface area contributed by atoms with Crippen LogP contribution in [-0.2, 0) is 31.7 Å². The number of alkyl halides is 3. The molecule has 0 aromatic heterocycles. The maximum absolute atomic E-state index is 12.9. The zero-order valence-electron chi connectivity index (χ0n) is 16.3. The summed E-state index contributed by atoms with van der Waals surface area (Å²) in [4.78, 5) is 37.7. The number of fused-ring (bicyclic) bond motifs is 1. The molecule has 0 spiro atoms. The van der Waals surface area contributed by atoms with Crippen LogP contribution in [0.2, 0.25) is 0 Å². The second kappa shape index (κ2) is 8.75. The highest BCUT2D eigenvalue weighted by atomic mass is 19.4. The van der Waals surface area contributed by atoms with Gasteiger partial charge in [0.15, 0.2) is 6.10 Å². The van der Waals surface area contributed by atoms with Crippen molar-refractivity contribution in [3.05, 3.63) is 59.4 Å². The third-order valence-corrected chi connectivity index (χ3v) is 4.64. The van der Waals surface area contributed by atoms with Gasteiger partial charge in [-0.05, 0) is 49.2 Å². The van der Waals surface area contributed by atoms with Gasteiger partial charge in [0.1, 0.15) is 12.4 Å². The van der Waals surface area contributed by atoms with Crippen LogP contribution < -0.4 is 10.2 Å². The number of carbonyl (C=O) groups excluding carboxylic acids is 3. The third kappa shape index (κ3) is 5.39. The average molecular weight is 438 g/mol.